The molecule has 1 aliphatic heterocycles. The summed E-state index contributed by atoms with van der Waals surface area (Å²) in [6, 6.07) is -0.280. The summed E-state index contributed by atoms with van der Waals surface area (Å²) in [5.74, 6) is -0.230. The van der Waals surface area contributed by atoms with Gasteiger partial charge in [0.05, 0.1) is 6.04 Å². The van der Waals surface area contributed by atoms with E-state index < -0.39 is 6.03 Å². The lowest BCUT2D eigenvalue weighted by Gasteiger charge is -2.37. The maximum absolute atomic E-state index is 12.0. The van der Waals surface area contributed by atoms with E-state index in [-0.39, 0.29) is 11.9 Å². The molecule has 1 aliphatic rings. The molecule has 6 nitrogen and oxygen atoms in total. The molecule has 110 valence electrons. The number of urea groups is 1. The predicted molar refractivity (Wildman–Crippen MR) is 74.9 cm³/mol. The molecular formula is C13H26N4O2. The molecule has 19 heavy (non-hydrogen) atoms. The Kier molecular flexibility index (Phi) is 6.80. The number of carbonyl (C=O) groups is 2. The Morgan fingerprint density at radius 1 is 1.32 bits per heavy atom. The van der Waals surface area contributed by atoms with Crippen LogP contribution in [0.1, 0.15) is 33.6 Å². The summed E-state index contributed by atoms with van der Waals surface area (Å²) in [5.41, 5.74) is 0. The summed E-state index contributed by atoms with van der Waals surface area (Å²) in [6.07, 6.45) is 2.10. The maximum atomic E-state index is 12.0. The van der Waals surface area contributed by atoms with Crippen LogP contribution in [-0.4, -0.2) is 55.1 Å². The molecule has 0 saturated carbocycles. The minimum Gasteiger partial charge on any atom is -0.338 e. The number of hydrogen-bond donors (Lipinski definition) is 3. The summed E-state index contributed by atoms with van der Waals surface area (Å²) in [4.78, 5) is 25.6. The van der Waals surface area contributed by atoms with E-state index in [1.54, 1.807) is 0 Å². The molecule has 0 spiro atoms. The van der Waals surface area contributed by atoms with Gasteiger partial charge < -0.3 is 10.6 Å². The van der Waals surface area contributed by atoms with E-state index in [1.165, 1.54) is 0 Å². The first-order valence-corrected chi connectivity index (χ1v) is 7.15. The van der Waals surface area contributed by atoms with Crippen LogP contribution in [0.4, 0.5) is 4.79 Å². The third kappa shape index (κ3) is 4.80. The van der Waals surface area contributed by atoms with Crippen LogP contribution < -0.4 is 16.0 Å². The zero-order valence-electron chi connectivity index (χ0n) is 12.2. The smallest absolute Gasteiger partial charge is 0.321 e. The summed E-state index contributed by atoms with van der Waals surface area (Å²) < 4.78 is 0. The Morgan fingerprint density at radius 3 is 2.47 bits per heavy atom. The number of nitrogens with one attached hydrogen (secondary N) is 3. The normalized spacial score (nSPS) is 18.1. The third-order valence-electron chi connectivity index (χ3n) is 3.59. The highest BCUT2D eigenvalue weighted by atomic mass is 16.2. The van der Waals surface area contributed by atoms with Crippen LogP contribution in [0, 0.1) is 0 Å². The maximum Gasteiger partial charge on any atom is 0.321 e. The fourth-order valence-electron chi connectivity index (χ4n) is 2.56. The van der Waals surface area contributed by atoms with Gasteiger partial charge in [-0.25, -0.2) is 4.79 Å². The van der Waals surface area contributed by atoms with Gasteiger partial charge >= 0.3 is 6.03 Å². The molecule has 0 aromatic carbocycles. The molecule has 3 N–H and O–H groups in total. The highest BCUT2D eigenvalue weighted by molar-refractivity contribution is 5.96. The number of imide groups is 1. The second-order valence-electron chi connectivity index (χ2n) is 4.84. The number of piperidine rings is 1. The van der Waals surface area contributed by atoms with Crippen LogP contribution in [0.3, 0.4) is 0 Å². The minimum absolute atomic E-state index is 0.230. The molecule has 3 amide bonds. The topological polar surface area (TPSA) is 73.5 Å². The molecule has 6 heteroatoms. The molecule has 0 radical (unpaired) electrons. The SMILES string of the molecule is CCNC(=O)NC(=O)C(C)N(CC)C1CCNCC1. The number of amides is 3. The van der Waals surface area contributed by atoms with Crippen molar-refractivity contribution < 1.29 is 9.59 Å². The summed E-state index contributed by atoms with van der Waals surface area (Å²) in [5, 5.41) is 8.28. The molecule has 1 saturated heterocycles. The molecule has 1 atom stereocenters. The van der Waals surface area contributed by atoms with Crippen molar-refractivity contribution in [3.8, 4) is 0 Å². The van der Waals surface area contributed by atoms with Crippen LogP contribution in [0.15, 0.2) is 0 Å². The van der Waals surface area contributed by atoms with Crippen molar-refractivity contribution in [1.82, 2.24) is 20.9 Å². The molecule has 0 aromatic heterocycles. The van der Waals surface area contributed by atoms with Crippen LogP contribution in [0.2, 0.25) is 0 Å². The van der Waals surface area contributed by atoms with E-state index in [9.17, 15) is 9.59 Å². The van der Waals surface area contributed by atoms with Gasteiger partial charge in [0.1, 0.15) is 0 Å². The largest absolute Gasteiger partial charge is 0.338 e. The number of nitrogens with zero attached hydrogens (tertiary/aromatic N) is 1. The zero-order valence-corrected chi connectivity index (χ0v) is 12.2. The monoisotopic (exact) mass is 270 g/mol. The van der Waals surface area contributed by atoms with E-state index in [4.69, 9.17) is 0 Å². The number of rotatable bonds is 5. The van der Waals surface area contributed by atoms with Crippen LogP contribution >= 0.6 is 0 Å². The molecule has 1 heterocycles. The fraction of sp³-hybridized carbons (Fsp3) is 0.846. The lowest BCUT2D eigenvalue weighted by Crippen LogP contribution is -2.54. The molecule has 1 unspecified atom stereocenters. The molecule has 1 fully saturated rings. The van der Waals surface area contributed by atoms with Crippen LogP contribution in [-0.2, 0) is 4.79 Å². The van der Waals surface area contributed by atoms with Crippen molar-refractivity contribution in [2.24, 2.45) is 0 Å². The number of carbonyl (C=O) groups excluding carboxylic acids is 2. The Labute approximate surface area is 115 Å². The second-order valence-corrected chi connectivity index (χ2v) is 4.84. The lowest BCUT2D eigenvalue weighted by atomic mass is 10.0. The molecule has 1 rings (SSSR count). The van der Waals surface area contributed by atoms with Crippen LogP contribution in [0.5, 0.6) is 0 Å². The van der Waals surface area contributed by atoms with E-state index in [0.29, 0.717) is 12.6 Å². The summed E-state index contributed by atoms with van der Waals surface area (Å²) >= 11 is 0. The van der Waals surface area contributed by atoms with E-state index in [0.717, 1.165) is 32.5 Å². The van der Waals surface area contributed by atoms with Gasteiger partial charge in [-0.3, -0.25) is 15.0 Å². The fourth-order valence-corrected chi connectivity index (χ4v) is 2.56. The van der Waals surface area contributed by atoms with Crippen molar-refractivity contribution in [2.75, 3.05) is 26.2 Å². The molecule has 0 bridgehead atoms. The third-order valence-corrected chi connectivity index (χ3v) is 3.59. The Hall–Kier alpha value is -1.14. The highest BCUT2D eigenvalue weighted by Crippen LogP contribution is 2.14. The van der Waals surface area contributed by atoms with E-state index in [2.05, 4.69) is 27.8 Å². The van der Waals surface area contributed by atoms with Gasteiger partial charge in [0, 0.05) is 12.6 Å². The number of likely N-dealkylation sites (N-methyl/N-ethyl adjacent to an activating group) is 1. The van der Waals surface area contributed by atoms with Gasteiger partial charge in [-0.2, -0.15) is 0 Å². The van der Waals surface area contributed by atoms with Gasteiger partial charge in [-0.05, 0) is 46.3 Å². The van der Waals surface area contributed by atoms with Gasteiger partial charge in [0.15, 0.2) is 0 Å². The predicted octanol–water partition coefficient (Wildman–Crippen LogP) is 0.295. The molecule has 0 aliphatic carbocycles. The van der Waals surface area contributed by atoms with Crippen LogP contribution in [0.25, 0.3) is 0 Å². The highest BCUT2D eigenvalue weighted by Gasteiger charge is 2.28. The Balaban J connectivity index is 2.53. The standard InChI is InChI=1S/C13H26N4O2/c1-4-15-13(19)16-12(18)10(3)17(5-2)11-6-8-14-9-7-11/h10-11,14H,4-9H2,1-3H3,(H2,15,16,18,19). The zero-order chi connectivity index (χ0) is 14.3. The first-order valence-electron chi connectivity index (χ1n) is 7.15. The molecule has 0 aromatic rings. The van der Waals surface area contributed by atoms with E-state index >= 15 is 0 Å². The first-order chi connectivity index (χ1) is 9.10. The van der Waals surface area contributed by atoms with Gasteiger partial charge in [-0.15, -0.1) is 0 Å². The Bertz CT molecular complexity index is 303. The van der Waals surface area contributed by atoms with Gasteiger partial charge in [0.2, 0.25) is 5.91 Å². The van der Waals surface area contributed by atoms with Gasteiger partial charge in [-0.1, -0.05) is 6.92 Å². The first kappa shape index (κ1) is 15.9. The van der Waals surface area contributed by atoms with Gasteiger partial charge in [0.25, 0.3) is 0 Å². The van der Waals surface area contributed by atoms with Crippen molar-refractivity contribution >= 4 is 11.9 Å². The summed E-state index contributed by atoms with van der Waals surface area (Å²) in [6.45, 7) is 9.05. The lowest BCUT2D eigenvalue weighted by molar-refractivity contribution is -0.125. The van der Waals surface area contributed by atoms with Crippen molar-refractivity contribution in [3.05, 3.63) is 0 Å². The average Bonchev–Trinajstić information content (AvgIpc) is 2.40. The van der Waals surface area contributed by atoms with Crippen molar-refractivity contribution in [2.45, 2.75) is 45.7 Å². The molecular weight excluding hydrogens is 244 g/mol. The van der Waals surface area contributed by atoms with E-state index in [1.807, 2.05) is 13.8 Å². The number of hydrogen-bond acceptors (Lipinski definition) is 4. The van der Waals surface area contributed by atoms with Crippen molar-refractivity contribution in [3.63, 3.8) is 0 Å². The van der Waals surface area contributed by atoms with Crippen molar-refractivity contribution in [1.29, 1.82) is 0 Å². The summed E-state index contributed by atoms with van der Waals surface area (Å²) in [7, 11) is 0. The average molecular weight is 270 g/mol. The quantitative estimate of drug-likeness (QED) is 0.671. The second kappa shape index (κ2) is 8.12. The minimum atomic E-state index is -0.416. The Morgan fingerprint density at radius 2 is 1.95 bits per heavy atom.